The van der Waals surface area contributed by atoms with Crippen LogP contribution in [0.15, 0.2) is 24.3 Å². The van der Waals surface area contributed by atoms with E-state index in [0.717, 1.165) is 12.8 Å². The Labute approximate surface area is 122 Å². The number of amides is 2. The van der Waals surface area contributed by atoms with E-state index in [-0.39, 0.29) is 18.4 Å². The number of hydrogen-bond acceptors (Lipinski definition) is 3. The number of nitrogens with one attached hydrogen (secondary N) is 1. The summed E-state index contributed by atoms with van der Waals surface area (Å²) in [6.07, 6.45) is 1.04. The van der Waals surface area contributed by atoms with Gasteiger partial charge in [-0.3, -0.25) is 9.59 Å². The van der Waals surface area contributed by atoms with Gasteiger partial charge in [0.1, 0.15) is 0 Å². The number of benzene rings is 1. The minimum absolute atomic E-state index is 0.0865. The monoisotopic (exact) mass is 296 g/mol. The predicted molar refractivity (Wildman–Crippen MR) is 75.6 cm³/mol. The maximum Gasteiger partial charge on any atom is 0.253 e. The Morgan fingerprint density at radius 1 is 1.40 bits per heavy atom. The third-order valence-electron chi connectivity index (χ3n) is 3.27. The van der Waals surface area contributed by atoms with Crippen LogP contribution in [-0.2, 0) is 4.79 Å². The summed E-state index contributed by atoms with van der Waals surface area (Å²) in [7, 11) is 0. The number of likely N-dealkylation sites (tertiary alicyclic amines) is 1. The van der Waals surface area contributed by atoms with Crippen LogP contribution in [-0.4, -0.2) is 47.6 Å². The lowest BCUT2D eigenvalue weighted by molar-refractivity contribution is -0.133. The number of hydrogen-bond donors (Lipinski definition) is 2. The molecule has 0 spiro atoms. The van der Waals surface area contributed by atoms with Crippen LogP contribution in [0.5, 0.6) is 0 Å². The molecule has 20 heavy (non-hydrogen) atoms. The van der Waals surface area contributed by atoms with Crippen molar-refractivity contribution in [2.24, 2.45) is 0 Å². The van der Waals surface area contributed by atoms with Gasteiger partial charge in [0.25, 0.3) is 5.91 Å². The molecule has 1 atom stereocenters. The number of carbonyl (C=O) groups excluding carboxylic acids is 2. The van der Waals surface area contributed by atoms with Crippen molar-refractivity contribution in [1.29, 1.82) is 0 Å². The van der Waals surface area contributed by atoms with Gasteiger partial charge in [-0.2, -0.15) is 0 Å². The molecule has 108 valence electrons. The molecular weight excluding hydrogens is 280 g/mol. The van der Waals surface area contributed by atoms with Gasteiger partial charge in [-0.1, -0.05) is 23.7 Å². The van der Waals surface area contributed by atoms with Crippen molar-refractivity contribution < 1.29 is 14.7 Å². The molecule has 0 unspecified atom stereocenters. The third kappa shape index (κ3) is 3.71. The molecule has 6 heteroatoms. The summed E-state index contributed by atoms with van der Waals surface area (Å²) in [4.78, 5) is 25.4. The number of piperidine rings is 1. The Balaban J connectivity index is 1.87. The highest BCUT2D eigenvalue weighted by atomic mass is 35.5. The highest BCUT2D eigenvalue weighted by Crippen LogP contribution is 2.14. The second-order valence-corrected chi connectivity index (χ2v) is 5.21. The van der Waals surface area contributed by atoms with Gasteiger partial charge < -0.3 is 15.3 Å². The first-order valence-corrected chi connectivity index (χ1v) is 6.94. The first-order valence-electron chi connectivity index (χ1n) is 6.56. The van der Waals surface area contributed by atoms with E-state index >= 15 is 0 Å². The van der Waals surface area contributed by atoms with Crippen molar-refractivity contribution in [1.82, 2.24) is 10.2 Å². The Morgan fingerprint density at radius 3 is 2.85 bits per heavy atom. The van der Waals surface area contributed by atoms with Crippen LogP contribution >= 0.6 is 11.6 Å². The number of rotatable bonds is 3. The molecule has 0 radical (unpaired) electrons. The van der Waals surface area contributed by atoms with Gasteiger partial charge in [0.15, 0.2) is 0 Å². The van der Waals surface area contributed by atoms with E-state index in [1.807, 2.05) is 0 Å². The molecule has 1 aromatic rings. The summed E-state index contributed by atoms with van der Waals surface area (Å²) in [6, 6.07) is 6.68. The molecule has 0 saturated carbocycles. The zero-order valence-electron chi connectivity index (χ0n) is 11.0. The van der Waals surface area contributed by atoms with Crippen LogP contribution in [0.4, 0.5) is 0 Å². The summed E-state index contributed by atoms with van der Waals surface area (Å²) >= 11 is 5.91. The molecule has 0 bridgehead atoms. The first kappa shape index (κ1) is 14.8. The van der Waals surface area contributed by atoms with E-state index in [4.69, 9.17) is 11.6 Å². The lowest BCUT2D eigenvalue weighted by Gasteiger charge is -2.30. The Kier molecular flexibility index (Phi) is 4.98. The third-order valence-corrected chi connectivity index (χ3v) is 3.60. The second kappa shape index (κ2) is 6.72. The average molecular weight is 297 g/mol. The normalized spacial score (nSPS) is 18.7. The number of carbonyl (C=O) groups is 2. The molecule has 2 rings (SSSR count). The molecule has 5 nitrogen and oxygen atoms in total. The fourth-order valence-corrected chi connectivity index (χ4v) is 2.41. The smallest absolute Gasteiger partial charge is 0.253 e. The molecule has 1 heterocycles. The highest BCUT2D eigenvalue weighted by molar-refractivity contribution is 6.33. The fourth-order valence-electron chi connectivity index (χ4n) is 2.19. The van der Waals surface area contributed by atoms with Crippen molar-refractivity contribution in [3.05, 3.63) is 34.9 Å². The van der Waals surface area contributed by atoms with Crippen LogP contribution < -0.4 is 5.32 Å². The standard InChI is InChI=1S/C14H17ClN2O3/c15-12-6-2-1-5-11(12)14(20)16-8-13(19)17-7-3-4-10(18)9-17/h1-2,5-6,10,18H,3-4,7-9H2,(H,16,20)/t10-/m0/s1. The van der Waals surface area contributed by atoms with E-state index in [1.165, 1.54) is 0 Å². The van der Waals surface area contributed by atoms with E-state index in [0.29, 0.717) is 23.7 Å². The Hall–Kier alpha value is -1.59. The van der Waals surface area contributed by atoms with E-state index in [9.17, 15) is 14.7 Å². The van der Waals surface area contributed by atoms with E-state index < -0.39 is 6.10 Å². The maximum absolute atomic E-state index is 11.9. The molecule has 0 aromatic heterocycles. The van der Waals surface area contributed by atoms with E-state index in [1.54, 1.807) is 29.2 Å². The minimum Gasteiger partial charge on any atom is -0.391 e. The van der Waals surface area contributed by atoms with Gasteiger partial charge in [-0.15, -0.1) is 0 Å². The molecule has 2 amide bonds. The molecule has 1 saturated heterocycles. The fraction of sp³-hybridized carbons (Fsp3) is 0.429. The lowest BCUT2D eigenvalue weighted by atomic mass is 10.1. The van der Waals surface area contributed by atoms with Crippen LogP contribution in [0.3, 0.4) is 0 Å². The lowest BCUT2D eigenvalue weighted by Crippen LogP contribution is -2.46. The van der Waals surface area contributed by atoms with Gasteiger partial charge >= 0.3 is 0 Å². The Bertz CT molecular complexity index is 507. The summed E-state index contributed by atoms with van der Waals surface area (Å²) in [5, 5.41) is 12.4. The van der Waals surface area contributed by atoms with Gasteiger partial charge in [-0.25, -0.2) is 0 Å². The van der Waals surface area contributed by atoms with Crippen molar-refractivity contribution in [2.75, 3.05) is 19.6 Å². The van der Waals surface area contributed by atoms with Crippen LogP contribution in [0, 0.1) is 0 Å². The summed E-state index contributed by atoms with van der Waals surface area (Å²) in [6.45, 7) is 0.870. The Morgan fingerprint density at radius 2 is 2.15 bits per heavy atom. The van der Waals surface area contributed by atoms with Crippen molar-refractivity contribution in [3.8, 4) is 0 Å². The van der Waals surface area contributed by atoms with E-state index in [2.05, 4.69) is 5.32 Å². The van der Waals surface area contributed by atoms with Gasteiger partial charge in [0, 0.05) is 13.1 Å². The molecule has 0 aliphatic carbocycles. The van der Waals surface area contributed by atoms with Crippen LogP contribution in [0.25, 0.3) is 0 Å². The maximum atomic E-state index is 11.9. The first-order chi connectivity index (χ1) is 9.58. The quantitative estimate of drug-likeness (QED) is 0.876. The average Bonchev–Trinajstić information content (AvgIpc) is 2.45. The molecule has 2 N–H and O–H groups in total. The molecule has 1 aliphatic heterocycles. The number of aliphatic hydroxyl groups excluding tert-OH is 1. The molecule has 1 aliphatic rings. The highest BCUT2D eigenvalue weighted by Gasteiger charge is 2.22. The molecular formula is C14H17ClN2O3. The largest absolute Gasteiger partial charge is 0.391 e. The van der Waals surface area contributed by atoms with Crippen molar-refractivity contribution in [3.63, 3.8) is 0 Å². The summed E-state index contributed by atoms with van der Waals surface area (Å²) < 4.78 is 0. The number of aliphatic hydroxyl groups is 1. The SMILES string of the molecule is O=C(NCC(=O)N1CCC[C@H](O)C1)c1ccccc1Cl. The summed E-state index contributed by atoms with van der Waals surface area (Å²) in [5.41, 5.74) is 0.348. The second-order valence-electron chi connectivity index (χ2n) is 4.80. The number of β-amino-alcohol motifs (C(OH)–C–C–N with tert-alkyl or cyclic N) is 1. The zero-order chi connectivity index (χ0) is 14.5. The van der Waals surface area contributed by atoms with Gasteiger partial charge in [0.2, 0.25) is 5.91 Å². The number of halogens is 1. The molecule has 1 fully saturated rings. The van der Waals surface area contributed by atoms with Crippen molar-refractivity contribution >= 4 is 23.4 Å². The van der Waals surface area contributed by atoms with Gasteiger partial charge in [-0.05, 0) is 25.0 Å². The summed E-state index contributed by atoms with van der Waals surface area (Å²) in [5.74, 6) is -0.564. The van der Waals surface area contributed by atoms with Crippen LogP contribution in [0.1, 0.15) is 23.2 Å². The predicted octanol–water partition coefficient (Wildman–Crippen LogP) is 1.05. The van der Waals surface area contributed by atoms with Crippen LogP contribution in [0.2, 0.25) is 5.02 Å². The zero-order valence-corrected chi connectivity index (χ0v) is 11.8. The minimum atomic E-state index is -0.466. The van der Waals surface area contributed by atoms with Crippen molar-refractivity contribution in [2.45, 2.75) is 18.9 Å². The molecule has 1 aromatic carbocycles. The number of nitrogens with zero attached hydrogens (tertiary/aromatic N) is 1. The topological polar surface area (TPSA) is 69.6 Å². The van der Waals surface area contributed by atoms with Gasteiger partial charge in [0.05, 0.1) is 23.2 Å².